The number of hydrogen-bond acceptors (Lipinski definition) is 9. The standard InChI is InChI=1S/C27H24FN5O5/c1-35-17-3-4-20(31-14-17)25(34)32-16-2-5-22-18(12-16)27(8-9-30-26(29)38-27)19-13-21(15-6-10-36-11-7-15)33-24(28)23(19)37-22/h2-6,12-14H,7-11H2,1H3,(H2,29,30)(H,32,34)/t27-/m0/s1. The number of pyridine rings is 2. The predicted octanol–water partition coefficient (Wildman–Crippen LogP) is 3.76. The first-order chi connectivity index (χ1) is 18.5. The molecule has 0 aliphatic carbocycles. The molecule has 0 saturated carbocycles. The number of fused-ring (bicyclic) bond motifs is 4. The van der Waals surface area contributed by atoms with Gasteiger partial charge in [0.25, 0.3) is 17.9 Å². The van der Waals surface area contributed by atoms with Crippen LogP contribution >= 0.6 is 0 Å². The number of nitrogens with one attached hydrogen (secondary N) is 1. The van der Waals surface area contributed by atoms with Crippen LogP contribution in [0.15, 0.2) is 53.7 Å². The molecule has 0 bridgehead atoms. The van der Waals surface area contributed by atoms with Gasteiger partial charge in [0.15, 0.2) is 11.4 Å². The lowest BCUT2D eigenvalue weighted by Gasteiger charge is -2.41. The zero-order valence-corrected chi connectivity index (χ0v) is 20.5. The summed E-state index contributed by atoms with van der Waals surface area (Å²) in [5.41, 5.74) is 7.95. The van der Waals surface area contributed by atoms with Crippen LogP contribution in [0.5, 0.6) is 17.2 Å². The first-order valence-corrected chi connectivity index (χ1v) is 12.1. The van der Waals surface area contributed by atoms with Gasteiger partial charge in [-0.15, -0.1) is 0 Å². The van der Waals surface area contributed by atoms with Crippen molar-refractivity contribution in [1.82, 2.24) is 9.97 Å². The number of amides is 1. The highest BCUT2D eigenvalue weighted by atomic mass is 19.1. The van der Waals surface area contributed by atoms with Crippen LogP contribution in [0.1, 0.15) is 40.2 Å². The summed E-state index contributed by atoms with van der Waals surface area (Å²) in [5, 5.41) is 2.85. The summed E-state index contributed by atoms with van der Waals surface area (Å²) in [6, 6.07) is 10.0. The summed E-state index contributed by atoms with van der Waals surface area (Å²) in [7, 11) is 1.52. The van der Waals surface area contributed by atoms with E-state index in [0.717, 1.165) is 5.57 Å². The Morgan fingerprint density at radius 3 is 2.84 bits per heavy atom. The number of hydrogen-bond donors (Lipinski definition) is 2. The fourth-order valence-electron chi connectivity index (χ4n) is 4.89. The molecule has 10 nitrogen and oxygen atoms in total. The van der Waals surface area contributed by atoms with E-state index < -0.39 is 17.5 Å². The highest BCUT2D eigenvalue weighted by Gasteiger charge is 2.48. The number of nitrogens with zero attached hydrogens (tertiary/aromatic N) is 3. The molecule has 2 aromatic heterocycles. The lowest BCUT2D eigenvalue weighted by molar-refractivity contribution is 0.0623. The molecule has 1 spiro atoms. The summed E-state index contributed by atoms with van der Waals surface area (Å²) < 4.78 is 38.1. The largest absolute Gasteiger partial charge is 0.495 e. The number of methoxy groups -OCH3 is 1. The van der Waals surface area contributed by atoms with Crippen molar-refractivity contribution in [2.24, 2.45) is 10.7 Å². The second-order valence-corrected chi connectivity index (χ2v) is 8.98. The van der Waals surface area contributed by atoms with Crippen molar-refractivity contribution in [3.05, 3.63) is 77.1 Å². The van der Waals surface area contributed by atoms with Crippen molar-refractivity contribution >= 4 is 23.2 Å². The Labute approximate surface area is 217 Å². The van der Waals surface area contributed by atoms with E-state index in [1.54, 1.807) is 36.4 Å². The van der Waals surface area contributed by atoms with E-state index in [9.17, 15) is 4.79 Å². The van der Waals surface area contributed by atoms with E-state index in [0.29, 0.717) is 66.6 Å². The molecule has 1 atom stereocenters. The molecule has 1 aromatic carbocycles. The van der Waals surface area contributed by atoms with Gasteiger partial charge in [-0.05, 0) is 48.4 Å². The maximum atomic E-state index is 15.4. The van der Waals surface area contributed by atoms with Gasteiger partial charge in [0, 0.05) is 29.8 Å². The summed E-state index contributed by atoms with van der Waals surface area (Å²) in [5.74, 6) is -0.273. The Balaban J connectivity index is 1.42. The van der Waals surface area contributed by atoms with Crippen LogP contribution in [0.4, 0.5) is 10.1 Å². The highest BCUT2D eigenvalue weighted by molar-refractivity contribution is 6.03. The molecular weight excluding hydrogens is 493 g/mol. The lowest BCUT2D eigenvalue weighted by Crippen LogP contribution is -2.43. The van der Waals surface area contributed by atoms with Crippen molar-refractivity contribution in [3.8, 4) is 17.2 Å². The quantitative estimate of drug-likeness (QED) is 0.501. The average Bonchev–Trinajstić information content (AvgIpc) is 2.94. The number of aliphatic imine (C=N–C) groups is 1. The first kappa shape index (κ1) is 23.9. The molecule has 11 heteroatoms. The summed E-state index contributed by atoms with van der Waals surface area (Å²) >= 11 is 0. The van der Waals surface area contributed by atoms with Gasteiger partial charge < -0.3 is 30.0 Å². The molecule has 5 heterocycles. The third-order valence-corrected chi connectivity index (χ3v) is 6.76. The van der Waals surface area contributed by atoms with Crippen LogP contribution in [0, 0.1) is 5.95 Å². The van der Waals surface area contributed by atoms with Crippen molar-refractivity contribution in [2.75, 3.05) is 32.2 Å². The van der Waals surface area contributed by atoms with E-state index >= 15 is 4.39 Å². The van der Waals surface area contributed by atoms with Gasteiger partial charge in [-0.25, -0.2) is 15.0 Å². The molecule has 194 valence electrons. The van der Waals surface area contributed by atoms with E-state index in [2.05, 4.69) is 20.3 Å². The molecule has 6 rings (SSSR count). The van der Waals surface area contributed by atoms with E-state index in [1.807, 2.05) is 6.08 Å². The molecule has 0 unspecified atom stereocenters. The van der Waals surface area contributed by atoms with Gasteiger partial charge >= 0.3 is 0 Å². The fraction of sp³-hybridized carbons (Fsp3) is 0.259. The van der Waals surface area contributed by atoms with Gasteiger partial charge in [0.2, 0.25) is 0 Å². The number of halogens is 1. The minimum Gasteiger partial charge on any atom is -0.495 e. The zero-order chi connectivity index (χ0) is 26.3. The molecular formula is C27H24FN5O5. The smallest absolute Gasteiger partial charge is 0.283 e. The summed E-state index contributed by atoms with van der Waals surface area (Å²) in [4.78, 5) is 25.4. The van der Waals surface area contributed by atoms with Crippen molar-refractivity contribution in [3.63, 3.8) is 0 Å². The maximum absolute atomic E-state index is 15.4. The number of aromatic nitrogens is 2. The fourth-order valence-corrected chi connectivity index (χ4v) is 4.89. The molecule has 3 aliphatic rings. The topological polar surface area (TPSA) is 130 Å². The third kappa shape index (κ3) is 4.10. The second-order valence-electron chi connectivity index (χ2n) is 8.98. The van der Waals surface area contributed by atoms with Crippen molar-refractivity contribution in [2.45, 2.75) is 18.4 Å². The van der Waals surface area contributed by atoms with Gasteiger partial charge in [-0.3, -0.25) is 4.79 Å². The van der Waals surface area contributed by atoms with Crippen LogP contribution in [0.25, 0.3) is 5.57 Å². The summed E-state index contributed by atoms with van der Waals surface area (Å²) in [6.07, 6.45) is 4.34. The number of ether oxygens (including phenoxy) is 4. The van der Waals surface area contributed by atoms with Gasteiger partial charge in [0.05, 0.1) is 32.2 Å². The minimum absolute atomic E-state index is 0.0176. The van der Waals surface area contributed by atoms with Crippen LogP contribution < -0.4 is 20.5 Å². The lowest BCUT2D eigenvalue weighted by atomic mass is 9.79. The second kappa shape index (κ2) is 9.42. The van der Waals surface area contributed by atoms with Crippen LogP contribution in [-0.2, 0) is 15.1 Å². The average molecular weight is 518 g/mol. The summed E-state index contributed by atoms with van der Waals surface area (Å²) in [6.45, 7) is 1.31. The Bertz CT molecular complexity index is 1490. The number of anilines is 1. The molecule has 38 heavy (non-hydrogen) atoms. The predicted molar refractivity (Wildman–Crippen MR) is 136 cm³/mol. The third-order valence-electron chi connectivity index (χ3n) is 6.76. The first-order valence-electron chi connectivity index (χ1n) is 12.1. The zero-order valence-electron chi connectivity index (χ0n) is 20.5. The van der Waals surface area contributed by atoms with Gasteiger partial charge in [0.1, 0.15) is 17.2 Å². The van der Waals surface area contributed by atoms with Gasteiger partial charge in [-0.1, -0.05) is 6.08 Å². The minimum atomic E-state index is -1.20. The maximum Gasteiger partial charge on any atom is 0.283 e. The van der Waals surface area contributed by atoms with E-state index in [4.69, 9.17) is 24.7 Å². The molecule has 0 fully saturated rings. The molecule has 3 N–H and O–H groups in total. The number of benzene rings is 1. The normalized spacial score (nSPS) is 19.7. The Morgan fingerprint density at radius 2 is 2.11 bits per heavy atom. The van der Waals surface area contributed by atoms with E-state index in [1.165, 1.54) is 13.3 Å². The molecule has 0 saturated heterocycles. The highest BCUT2D eigenvalue weighted by Crippen LogP contribution is 2.53. The number of carbonyl (C=O) groups excluding carboxylic acids is 1. The van der Waals surface area contributed by atoms with Crippen LogP contribution in [-0.4, -0.2) is 48.8 Å². The number of carbonyl (C=O) groups is 1. The SMILES string of the molecule is COc1ccc(C(=O)Nc2ccc3c(c2)[C@@]2(CCN=C(N)O2)c2cc(C4=CCOCC4)nc(F)c2O3)nc1. The molecule has 3 aliphatic heterocycles. The number of amidine groups is 1. The van der Waals surface area contributed by atoms with Crippen molar-refractivity contribution in [1.29, 1.82) is 0 Å². The van der Waals surface area contributed by atoms with E-state index in [-0.39, 0.29) is 17.5 Å². The van der Waals surface area contributed by atoms with Crippen LogP contribution in [0.2, 0.25) is 0 Å². The Hall–Kier alpha value is -4.51. The number of nitrogens with two attached hydrogens (primary N) is 1. The van der Waals surface area contributed by atoms with Crippen LogP contribution in [0.3, 0.4) is 0 Å². The molecule has 3 aromatic rings. The Kier molecular flexibility index (Phi) is 5.91. The van der Waals surface area contributed by atoms with Gasteiger partial charge in [-0.2, -0.15) is 4.39 Å². The van der Waals surface area contributed by atoms with Crippen molar-refractivity contribution < 1.29 is 28.1 Å². The molecule has 1 amide bonds. The monoisotopic (exact) mass is 517 g/mol. The number of rotatable bonds is 4. The molecule has 0 radical (unpaired) electrons. The Morgan fingerprint density at radius 1 is 1.21 bits per heavy atom.